The zero-order chi connectivity index (χ0) is 24.3. The van der Waals surface area contributed by atoms with Gasteiger partial charge in [-0.2, -0.15) is 5.10 Å². The number of fused-ring (bicyclic) bond motifs is 1. The highest BCUT2D eigenvalue weighted by Gasteiger charge is 2.16. The molecule has 0 saturated carbocycles. The molecule has 0 aliphatic rings. The van der Waals surface area contributed by atoms with E-state index in [-0.39, 0.29) is 0 Å². The normalized spacial score (nSPS) is 11.2. The molecule has 0 radical (unpaired) electrons. The number of pyridine rings is 2. The van der Waals surface area contributed by atoms with Crippen molar-refractivity contribution in [1.29, 1.82) is 0 Å². The topological polar surface area (TPSA) is 83.8 Å². The van der Waals surface area contributed by atoms with Crippen LogP contribution in [0.5, 0.6) is 0 Å². The predicted molar refractivity (Wildman–Crippen MR) is 141 cm³/mol. The molecular formula is C29H25N7. The molecule has 0 aliphatic carbocycles. The van der Waals surface area contributed by atoms with Gasteiger partial charge in [-0.1, -0.05) is 54.6 Å². The van der Waals surface area contributed by atoms with Crippen molar-refractivity contribution in [1.82, 2.24) is 34.9 Å². The fraction of sp³-hybridized carbons (Fsp3) is 0.103. The van der Waals surface area contributed by atoms with E-state index >= 15 is 0 Å². The van der Waals surface area contributed by atoms with Gasteiger partial charge in [0, 0.05) is 24.0 Å². The lowest BCUT2D eigenvalue weighted by Gasteiger charge is -2.07. The van der Waals surface area contributed by atoms with Gasteiger partial charge in [0.15, 0.2) is 5.65 Å². The summed E-state index contributed by atoms with van der Waals surface area (Å²) in [6.07, 6.45) is 3.50. The first kappa shape index (κ1) is 21.9. The molecule has 6 aromatic rings. The van der Waals surface area contributed by atoms with E-state index < -0.39 is 0 Å². The minimum atomic E-state index is 0.597. The van der Waals surface area contributed by atoms with Gasteiger partial charge >= 0.3 is 0 Å². The highest BCUT2D eigenvalue weighted by Crippen LogP contribution is 2.29. The van der Waals surface area contributed by atoms with E-state index in [9.17, 15) is 0 Å². The van der Waals surface area contributed by atoms with Crippen LogP contribution in [0, 0.1) is 6.92 Å². The van der Waals surface area contributed by atoms with E-state index in [0.29, 0.717) is 6.54 Å². The molecule has 7 heteroatoms. The standard InChI is InChI=1S/C29H25N7/c1-20-7-5-12-25(33-20)29-28(24-13-14-27-31-19-32-36(27)18-24)34-26(35-29)17-30-16-21-8-6-11-23(15-21)22-9-3-2-4-10-22/h2-15,18-19,30H,16-17H2,1H3,(H,34,35). The first-order valence-corrected chi connectivity index (χ1v) is 11.9. The number of nitrogens with zero attached hydrogens (tertiary/aromatic N) is 5. The van der Waals surface area contributed by atoms with Crippen LogP contribution in [-0.2, 0) is 13.1 Å². The van der Waals surface area contributed by atoms with Gasteiger partial charge in [-0.25, -0.2) is 14.5 Å². The minimum Gasteiger partial charge on any atom is -0.339 e. The van der Waals surface area contributed by atoms with Crippen LogP contribution in [-0.4, -0.2) is 29.5 Å². The summed E-state index contributed by atoms with van der Waals surface area (Å²) < 4.78 is 1.76. The van der Waals surface area contributed by atoms with Crippen molar-refractivity contribution in [3.05, 3.63) is 115 Å². The monoisotopic (exact) mass is 471 g/mol. The van der Waals surface area contributed by atoms with Crippen LogP contribution in [0.3, 0.4) is 0 Å². The molecular weight excluding hydrogens is 446 g/mol. The number of aryl methyl sites for hydroxylation is 1. The predicted octanol–water partition coefficient (Wildman–Crippen LogP) is 5.45. The smallest absolute Gasteiger partial charge is 0.155 e. The fourth-order valence-electron chi connectivity index (χ4n) is 4.36. The number of rotatable bonds is 7. The summed E-state index contributed by atoms with van der Waals surface area (Å²) in [5, 5.41) is 7.82. The molecule has 2 N–H and O–H groups in total. The highest BCUT2D eigenvalue weighted by molar-refractivity contribution is 5.77. The SMILES string of the molecule is Cc1cccc(-c2[nH]c(CNCc3cccc(-c4ccccc4)c3)nc2-c2ccc3ncnn3c2)n1. The van der Waals surface area contributed by atoms with Crippen LogP contribution in [0.25, 0.3) is 39.4 Å². The lowest BCUT2D eigenvalue weighted by molar-refractivity contribution is 0.669. The van der Waals surface area contributed by atoms with Crippen molar-refractivity contribution in [2.24, 2.45) is 0 Å². The Morgan fingerprint density at radius 2 is 1.67 bits per heavy atom. The summed E-state index contributed by atoms with van der Waals surface area (Å²) >= 11 is 0. The third kappa shape index (κ3) is 4.52. The largest absolute Gasteiger partial charge is 0.339 e. The minimum absolute atomic E-state index is 0.597. The van der Waals surface area contributed by atoms with Gasteiger partial charge in [-0.05, 0) is 53.9 Å². The summed E-state index contributed by atoms with van der Waals surface area (Å²) in [6.45, 7) is 3.33. The van der Waals surface area contributed by atoms with Gasteiger partial charge in [0.25, 0.3) is 0 Å². The molecule has 36 heavy (non-hydrogen) atoms. The number of H-pyrrole nitrogens is 1. The molecule has 0 fully saturated rings. The maximum atomic E-state index is 4.95. The first-order valence-electron chi connectivity index (χ1n) is 11.9. The van der Waals surface area contributed by atoms with Crippen LogP contribution >= 0.6 is 0 Å². The number of hydrogen-bond acceptors (Lipinski definition) is 5. The number of benzene rings is 2. The van der Waals surface area contributed by atoms with Crippen molar-refractivity contribution in [2.75, 3.05) is 0 Å². The Morgan fingerprint density at radius 3 is 2.56 bits per heavy atom. The van der Waals surface area contributed by atoms with Crippen LogP contribution < -0.4 is 5.32 Å². The summed E-state index contributed by atoms with van der Waals surface area (Å²) in [6, 6.07) is 29.0. The van der Waals surface area contributed by atoms with Crippen molar-refractivity contribution in [2.45, 2.75) is 20.0 Å². The molecule has 0 aliphatic heterocycles. The lowest BCUT2D eigenvalue weighted by Crippen LogP contribution is -2.13. The lowest BCUT2D eigenvalue weighted by atomic mass is 10.0. The molecule has 0 atom stereocenters. The first-order chi connectivity index (χ1) is 17.7. The molecule has 0 unspecified atom stereocenters. The molecule has 0 spiro atoms. The molecule has 7 nitrogen and oxygen atoms in total. The van der Waals surface area contributed by atoms with Gasteiger partial charge in [-0.15, -0.1) is 0 Å². The maximum absolute atomic E-state index is 4.95. The zero-order valence-electron chi connectivity index (χ0n) is 19.9. The number of nitrogens with one attached hydrogen (secondary N) is 2. The third-order valence-electron chi connectivity index (χ3n) is 6.10. The van der Waals surface area contributed by atoms with Crippen molar-refractivity contribution in [3.63, 3.8) is 0 Å². The van der Waals surface area contributed by atoms with E-state index in [0.717, 1.165) is 46.4 Å². The summed E-state index contributed by atoms with van der Waals surface area (Å²) in [5.41, 5.74) is 8.94. The molecule has 4 heterocycles. The van der Waals surface area contributed by atoms with Crippen molar-refractivity contribution < 1.29 is 0 Å². The Labute approximate surface area is 208 Å². The molecule has 0 saturated heterocycles. The van der Waals surface area contributed by atoms with Gasteiger partial charge in [0.2, 0.25) is 0 Å². The second-order valence-electron chi connectivity index (χ2n) is 8.72. The average Bonchev–Trinajstić information content (AvgIpc) is 3.56. The van der Waals surface area contributed by atoms with Gasteiger partial charge in [0.05, 0.1) is 23.6 Å². The van der Waals surface area contributed by atoms with Crippen LogP contribution in [0.15, 0.2) is 97.5 Å². The Morgan fingerprint density at radius 1 is 0.806 bits per heavy atom. The van der Waals surface area contributed by atoms with Crippen LogP contribution in [0.1, 0.15) is 17.1 Å². The summed E-state index contributed by atoms with van der Waals surface area (Å²) in [7, 11) is 0. The molecule has 0 bridgehead atoms. The third-order valence-corrected chi connectivity index (χ3v) is 6.10. The van der Waals surface area contributed by atoms with E-state index in [1.807, 2.05) is 49.5 Å². The molecule has 2 aromatic carbocycles. The Bertz CT molecular complexity index is 1630. The Balaban J connectivity index is 1.26. The van der Waals surface area contributed by atoms with Gasteiger partial charge in [0.1, 0.15) is 12.2 Å². The quantitative estimate of drug-likeness (QED) is 0.324. The van der Waals surface area contributed by atoms with E-state index in [1.165, 1.54) is 16.7 Å². The van der Waals surface area contributed by atoms with Gasteiger partial charge in [-0.3, -0.25) is 4.98 Å². The van der Waals surface area contributed by atoms with E-state index in [4.69, 9.17) is 9.97 Å². The highest BCUT2D eigenvalue weighted by atomic mass is 15.3. The molecule has 176 valence electrons. The Kier molecular flexibility index (Phi) is 5.81. The second-order valence-corrected chi connectivity index (χ2v) is 8.72. The number of aromatic nitrogens is 6. The molecule has 6 rings (SSSR count). The molecule has 0 amide bonds. The average molecular weight is 472 g/mol. The summed E-state index contributed by atoms with van der Waals surface area (Å²) in [4.78, 5) is 17.4. The zero-order valence-corrected chi connectivity index (χ0v) is 19.9. The van der Waals surface area contributed by atoms with Crippen LogP contribution in [0.2, 0.25) is 0 Å². The summed E-state index contributed by atoms with van der Waals surface area (Å²) in [5.74, 6) is 0.848. The van der Waals surface area contributed by atoms with Gasteiger partial charge < -0.3 is 10.3 Å². The van der Waals surface area contributed by atoms with Crippen LogP contribution in [0.4, 0.5) is 0 Å². The second kappa shape index (κ2) is 9.56. The Hall–Kier alpha value is -4.62. The maximum Gasteiger partial charge on any atom is 0.155 e. The fourth-order valence-corrected chi connectivity index (χ4v) is 4.36. The molecule has 4 aromatic heterocycles. The van der Waals surface area contributed by atoms with E-state index in [1.54, 1.807) is 10.8 Å². The number of aromatic amines is 1. The van der Waals surface area contributed by atoms with E-state index in [2.05, 4.69) is 68.9 Å². The van der Waals surface area contributed by atoms with Crippen molar-refractivity contribution >= 4 is 5.65 Å². The van der Waals surface area contributed by atoms with Crippen molar-refractivity contribution in [3.8, 4) is 33.8 Å². The number of imidazole rings is 1. The number of hydrogen-bond donors (Lipinski definition) is 2.